The molecule has 0 saturated carbocycles. The van der Waals surface area contributed by atoms with Crippen LogP contribution >= 0.6 is 0 Å². The molecule has 0 spiro atoms. The first-order chi connectivity index (χ1) is 5.33. The first-order valence-corrected chi connectivity index (χ1v) is 3.11. The molecule has 0 amide bonds. The topological polar surface area (TPSA) is 56.2 Å². The van der Waals surface area contributed by atoms with Gasteiger partial charge in [0.1, 0.15) is 12.0 Å². The van der Waals surface area contributed by atoms with Gasteiger partial charge in [0.05, 0.1) is 5.56 Å². The molecule has 0 aliphatic rings. The van der Waals surface area contributed by atoms with Gasteiger partial charge in [-0.25, -0.2) is 0 Å². The molecule has 4 heteroatoms. The number of furan rings is 1. The van der Waals surface area contributed by atoms with E-state index in [4.69, 9.17) is 8.94 Å². The van der Waals surface area contributed by atoms with E-state index < -0.39 is 0 Å². The highest BCUT2D eigenvalue weighted by Gasteiger charge is 2.12. The lowest BCUT2D eigenvalue weighted by atomic mass is 10.3. The Bertz CT molecular complexity index is 399. The maximum atomic E-state index is 10.3. The van der Waals surface area contributed by atoms with Crippen molar-refractivity contribution in [1.29, 1.82) is 0 Å². The lowest BCUT2D eigenvalue weighted by Crippen LogP contribution is -1.69. The van der Waals surface area contributed by atoms with E-state index in [0.29, 0.717) is 28.7 Å². The van der Waals surface area contributed by atoms with E-state index in [1.165, 1.54) is 6.26 Å². The molecule has 0 saturated heterocycles. The number of aryl methyl sites for hydroxylation is 1. The summed E-state index contributed by atoms with van der Waals surface area (Å²) in [6.45, 7) is 1.75. The van der Waals surface area contributed by atoms with E-state index in [1.807, 2.05) is 0 Å². The Morgan fingerprint density at radius 3 is 3.09 bits per heavy atom. The second-order valence-corrected chi connectivity index (χ2v) is 2.24. The van der Waals surface area contributed by atoms with E-state index >= 15 is 0 Å². The minimum atomic E-state index is 0.403. The largest absolute Gasteiger partial charge is 0.458 e. The van der Waals surface area contributed by atoms with Crippen LogP contribution in [-0.2, 0) is 0 Å². The molecule has 4 nitrogen and oxygen atoms in total. The molecule has 0 aliphatic carbocycles. The van der Waals surface area contributed by atoms with Crippen molar-refractivity contribution in [1.82, 2.24) is 5.16 Å². The van der Waals surface area contributed by atoms with Crippen LogP contribution in [0.1, 0.15) is 16.1 Å². The normalized spacial score (nSPS) is 10.6. The van der Waals surface area contributed by atoms with Gasteiger partial charge >= 0.3 is 0 Å². The smallest absolute Gasteiger partial charge is 0.216 e. The van der Waals surface area contributed by atoms with Gasteiger partial charge in [0.15, 0.2) is 11.9 Å². The quantitative estimate of drug-likeness (QED) is 0.580. The molecule has 0 aliphatic heterocycles. The van der Waals surface area contributed by atoms with Crippen molar-refractivity contribution in [2.75, 3.05) is 0 Å². The van der Waals surface area contributed by atoms with Crippen molar-refractivity contribution in [3.8, 4) is 0 Å². The molecule has 2 aromatic heterocycles. The van der Waals surface area contributed by atoms with Crippen molar-refractivity contribution in [2.45, 2.75) is 6.92 Å². The second-order valence-electron chi connectivity index (χ2n) is 2.24. The maximum absolute atomic E-state index is 10.3. The number of fused-ring (bicyclic) bond motifs is 1. The second kappa shape index (κ2) is 1.95. The molecule has 56 valence electrons. The van der Waals surface area contributed by atoms with Crippen molar-refractivity contribution < 1.29 is 13.7 Å². The van der Waals surface area contributed by atoms with Gasteiger partial charge in [-0.3, -0.25) is 4.79 Å². The molecule has 2 heterocycles. The zero-order valence-corrected chi connectivity index (χ0v) is 5.83. The zero-order valence-electron chi connectivity index (χ0n) is 5.83. The van der Waals surface area contributed by atoms with E-state index in [-0.39, 0.29) is 0 Å². The summed E-state index contributed by atoms with van der Waals surface area (Å²) in [6, 6.07) is 0. The van der Waals surface area contributed by atoms with Crippen molar-refractivity contribution in [3.05, 3.63) is 17.5 Å². The molecule has 0 N–H and O–H groups in total. The lowest BCUT2D eigenvalue weighted by Gasteiger charge is -1.72. The number of carbonyl (C=O) groups excluding carboxylic acids is 1. The Balaban J connectivity index is 2.87. The molecular weight excluding hydrogens is 146 g/mol. The van der Waals surface area contributed by atoms with E-state index in [2.05, 4.69) is 5.16 Å². The van der Waals surface area contributed by atoms with Crippen LogP contribution in [0.2, 0.25) is 0 Å². The predicted molar refractivity (Wildman–Crippen MR) is 36.4 cm³/mol. The van der Waals surface area contributed by atoms with Gasteiger partial charge in [-0.15, -0.1) is 0 Å². The number of nitrogens with zero attached hydrogens (tertiary/aromatic N) is 1. The van der Waals surface area contributed by atoms with Gasteiger partial charge in [-0.05, 0) is 6.92 Å². The van der Waals surface area contributed by atoms with Gasteiger partial charge in [0.2, 0.25) is 5.58 Å². The van der Waals surface area contributed by atoms with Crippen LogP contribution in [-0.4, -0.2) is 11.4 Å². The molecule has 0 radical (unpaired) electrons. The zero-order chi connectivity index (χ0) is 7.84. The summed E-state index contributed by atoms with van der Waals surface area (Å²) < 4.78 is 9.86. The molecule has 0 bridgehead atoms. The number of rotatable bonds is 1. The Hall–Kier alpha value is -1.58. The lowest BCUT2D eigenvalue weighted by molar-refractivity contribution is 0.112. The average molecular weight is 151 g/mol. The van der Waals surface area contributed by atoms with Crippen LogP contribution in [0.5, 0.6) is 0 Å². The van der Waals surface area contributed by atoms with Crippen LogP contribution in [0.4, 0.5) is 0 Å². The summed E-state index contributed by atoms with van der Waals surface area (Å²) in [7, 11) is 0. The fraction of sp³-hybridized carbons (Fsp3) is 0.143. The summed E-state index contributed by atoms with van der Waals surface area (Å²) in [4.78, 5) is 10.3. The highest BCUT2D eigenvalue weighted by molar-refractivity contribution is 5.92. The summed E-state index contributed by atoms with van der Waals surface area (Å²) in [5.74, 6) is 0. The van der Waals surface area contributed by atoms with E-state index in [9.17, 15) is 4.79 Å². The molecular formula is C7H5NO3. The van der Waals surface area contributed by atoms with Gasteiger partial charge < -0.3 is 8.94 Å². The Morgan fingerprint density at radius 1 is 1.55 bits per heavy atom. The first kappa shape index (κ1) is 6.15. The third-order valence-corrected chi connectivity index (χ3v) is 1.50. The van der Waals surface area contributed by atoms with Crippen molar-refractivity contribution >= 4 is 17.5 Å². The van der Waals surface area contributed by atoms with E-state index in [1.54, 1.807) is 6.92 Å². The van der Waals surface area contributed by atoms with Gasteiger partial charge in [0.25, 0.3) is 0 Å². The molecule has 2 rings (SSSR count). The number of aldehydes is 1. The maximum Gasteiger partial charge on any atom is 0.216 e. The minimum Gasteiger partial charge on any atom is -0.458 e. The van der Waals surface area contributed by atoms with Crippen LogP contribution < -0.4 is 0 Å². The number of hydrogen-bond donors (Lipinski definition) is 0. The molecule has 2 aromatic rings. The molecule has 0 fully saturated rings. The fourth-order valence-corrected chi connectivity index (χ4v) is 0.941. The van der Waals surface area contributed by atoms with Crippen LogP contribution in [0.25, 0.3) is 11.2 Å². The van der Waals surface area contributed by atoms with Crippen molar-refractivity contribution in [2.24, 2.45) is 0 Å². The summed E-state index contributed by atoms with van der Waals surface area (Å²) in [6.07, 6.45) is 2.03. The van der Waals surface area contributed by atoms with Gasteiger partial charge in [0, 0.05) is 0 Å². The van der Waals surface area contributed by atoms with E-state index in [0.717, 1.165) is 0 Å². The standard InChI is InChI=1S/C7H5NO3/c1-4-6-7(11-8-4)5(2-9)3-10-6/h2-3H,1H3. The molecule has 0 aromatic carbocycles. The predicted octanol–water partition coefficient (Wildman–Crippen LogP) is 1.54. The minimum absolute atomic E-state index is 0.403. The summed E-state index contributed by atoms with van der Waals surface area (Å²) in [5.41, 5.74) is 2.04. The summed E-state index contributed by atoms with van der Waals surface area (Å²) in [5, 5.41) is 3.64. The fourth-order valence-electron chi connectivity index (χ4n) is 0.941. The number of carbonyl (C=O) groups is 1. The average Bonchev–Trinajstić information content (AvgIpc) is 2.53. The monoisotopic (exact) mass is 151 g/mol. The third kappa shape index (κ3) is 0.690. The molecule has 11 heavy (non-hydrogen) atoms. The van der Waals surface area contributed by atoms with Gasteiger partial charge in [-0.1, -0.05) is 5.16 Å². The SMILES string of the molecule is Cc1noc2c(C=O)coc12. The highest BCUT2D eigenvalue weighted by Crippen LogP contribution is 2.21. The van der Waals surface area contributed by atoms with Crippen molar-refractivity contribution in [3.63, 3.8) is 0 Å². The molecule has 0 atom stereocenters. The van der Waals surface area contributed by atoms with Crippen LogP contribution in [0, 0.1) is 6.92 Å². The Kier molecular flexibility index (Phi) is 1.09. The van der Waals surface area contributed by atoms with Crippen LogP contribution in [0.3, 0.4) is 0 Å². The van der Waals surface area contributed by atoms with Gasteiger partial charge in [-0.2, -0.15) is 0 Å². The Morgan fingerprint density at radius 2 is 2.36 bits per heavy atom. The highest BCUT2D eigenvalue weighted by atomic mass is 16.5. The summed E-state index contributed by atoms with van der Waals surface area (Å²) >= 11 is 0. The number of hydrogen-bond acceptors (Lipinski definition) is 4. The number of aromatic nitrogens is 1. The Labute approximate surface area is 61.8 Å². The first-order valence-electron chi connectivity index (χ1n) is 3.11. The van der Waals surface area contributed by atoms with Crippen LogP contribution in [0.15, 0.2) is 15.2 Å². The molecule has 0 unspecified atom stereocenters. The third-order valence-electron chi connectivity index (χ3n) is 1.50.